The number of halogens is 1. The molecule has 1 aliphatic rings. The van der Waals surface area contributed by atoms with E-state index in [0.717, 1.165) is 23.9 Å². The van der Waals surface area contributed by atoms with Crippen LogP contribution >= 0.6 is 7.60 Å². The molecule has 1 aliphatic heterocycles. The minimum atomic E-state index is -4.04. The lowest BCUT2D eigenvalue weighted by atomic mass is 10.1. The quantitative estimate of drug-likeness (QED) is 0.208. The zero-order valence-corrected chi connectivity index (χ0v) is 24.8. The molecule has 14 heteroatoms. The topological polar surface area (TPSA) is 138 Å². The second kappa shape index (κ2) is 12.8. The van der Waals surface area contributed by atoms with Gasteiger partial charge in [-0.25, -0.2) is 19.3 Å². The molecule has 5 unspecified atom stereocenters. The summed E-state index contributed by atoms with van der Waals surface area (Å²) >= 11 is 0. The van der Waals surface area contributed by atoms with E-state index in [4.69, 9.17) is 13.7 Å². The molecule has 3 heterocycles. The van der Waals surface area contributed by atoms with Crippen LogP contribution in [0.1, 0.15) is 44.3 Å². The van der Waals surface area contributed by atoms with Crippen molar-refractivity contribution >= 4 is 38.8 Å². The first-order valence-electron chi connectivity index (χ1n) is 13.3. The number of amides is 1. The lowest BCUT2D eigenvalue weighted by molar-refractivity contribution is -0.00135. The highest BCUT2D eigenvalue weighted by molar-refractivity contribution is 7.56. The van der Waals surface area contributed by atoms with Gasteiger partial charge in [0.05, 0.1) is 12.9 Å². The maximum absolute atomic E-state index is 16.2. The van der Waals surface area contributed by atoms with Gasteiger partial charge in [0.25, 0.3) is 5.91 Å². The number of ether oxygens (including phenoxy) is 1. The second-order valence-corrected chi connectivity index (χ2v) is 15.9. The molecular weight excluding hydrogens is 556 g/mol. The number of rotatable bonds is 12. The van der Waals surface area contributed by atoms with Gasteiger partial charge in [-0.05, 0) is 43.3 Å². The Balaban J connectivity index is 1.67. The van der Waals surface area contributed by atoms with E-state index in [2.05, 4.69) is 20.3 Å². The first kappa shape index (κ1) is 30.2. The molecule has 0 spiro atoms. The summed E-state index contributed by atoms with van der Waals surface area (Å²) in [5.41, 5.74) is 0.950. The number of fused-ring (bicyclic) bond motifs is 1. The smallest absolute Gasteiger partial charge is 0.351 e. The van der Waals surface area contributed by atoms with Crippen LogP contribution in [-0.2, 0) is 18.3 Å². The van der Waals surface area contributed by atoms with E-state index in [1.165, 1.54) is 23.3 Å². The standard InChI is InChI=1S/C26H35FN5O6PSi/c1-5-36-39(34,35)15-14-19-22(38-40(6-2,7-3)8-4)20(27)26(37-19)32-17-30-21-23(28-16-29-24(21)32)31-25(33)18-12-10-9-11-13-18/h9-17,19-20,22,26H,5-8H2,1-4H3,(H,34,35)(H,28,29,31,33). The molecule has 2 aromatic heterocycles. The fourth-order valence-electron chi connectivity index (χ4n) is 4.77. The molecule has 3 aromatic rings. The highest BCUT2D eigenvalue weighted by Crippen LogP contribution is 2.45. The minimum absolute atomic E-state index is 0.0410. The van der Waals surface area contributed by atoms with Crippen molar-refractivity contribution in [1.82, 2.24) is 19.5 Å². The van der Waals surface area contributed by atoms with Crippen LogP contribution in [0.25, 0.3) is 11.2 Å². The summed E-state index contributed by atoms with van der Waals surface area (Å²) < 4.78 is 47.5. The third-order valence-electron chi connectivity index (χ3n) is 7.20. The van der Waals surface area contributed by atoms with Crippen LogP contribution < -0.4 is 5.32 Å². The Labute approximate surface area is 233 Å². The van der Waals surface area contributed by atoms with Crippen molar-refractivity contribution < 1.29 is 32.3 Å². The van der Waals surface area contributed by atoms with Crippen LogP contribution in [0.3, 0.4) is 0 Å². The Morgan fingerprint density at radius 1 is 1.18 bits per heavy atom. The third kappa shape index (κ3) is 6.40. The molecule has 0 radical (unpaired) electrons. The molecule has 1 saturated heterocycles. The number of nitrogens with zero attached hydrogens (tertiary/aromatic N) is 4. The van der Waals surface area contributed by atoms with Gasteiger partial charge in [0, 0.05) is 11.4 Å². The van der Waals surface area contributed by atoms with Crippen molar-refractivity contribution in [2.45, 2.75) is 70.4 Å². The SMILES string of the molecule is CCOP(=O)(O)C=CC1OC(n2cnc3c(NC(=O)c4ccccc4)ncnc32)C(F)C1O[Si](CC)(CC)CC. The zero-order valence-electron chi connectivity index (χ0n) is 22.9. The molecule has 1 amide bonds. The van der Waals surface area contributed by atoms with Crippen LogP contribution in [0.2, 0.25) is 18.1 Å². The van der Waals surface area contributed by atoms with Gasteiger partial charge >= 0.3 is 7.60 Å². The third-order valence-corrected chi connectivity index (χ3v) is 13.0. The largest absolute Gasteiger partial charge is 0.408 e. The number of carbonyl (C=O) groups is 1. The van der Waals surface area contributed by atoms with Crippen LogP contribution in [0.4, 0.5) is 10.2 Å². The second-order valence-electron chi connectivity index (χ2n) is 9.45. The number of nitrogens with one attached hydrogen (secondary N) is 1. The lowest BCUT2D eigenvalue weighted by Gasteiger charge is -2.33. The summed E-state index contributed by atoms with van der Waals surface area (Å²) in [6.45, 7) is 7.75. The molecule has 1 fully saturated rings. The fourth-order valence-corrected chi connectivity index (χ4v) is 8.46. The molecular formula is C26H35FN5O6PSi. The van der Waals surface area contributed by atoms with Crippen LogP contribution in [0.15, 0.2) is 54.9 Å². The monoisotopic (exact) mass is 591 g/mol. The number of anilines is 1. The normalized spacial score (nSPS) is 23.1. The maximum Gasteiger partial charge on any atom is 0.351 e. The Hall–Kier alpha value is -2.80. The summed E-state index contributed by atoms with van der Waals surface area (Å²) in [4.78, 5) is 35.6. The van der Waals surface area contributed by atoms with Crippen LogP contribution in [0.5, 0.6) is 0 Å². The first-order chi connectivity index (χ1) is 19.2. The highest BCUT2D eigenvalue weighted by Gasteiger charge is 2.49. The molecule has 4 rings (SSSR count). The summed E-state index contributed by atoms with van der Waals surface area (Å²) in [5, 5.41) is 2.73. The number of hydrogen-bond acceptors (Lipinski definition) is 8. The van der Waals surface area contributed by atoms with Gasteiger partial charge in [-0.2, -0.15) is 0 Å². The van der Waals surface area contributed by atoms with E-state index in [9.17, 15) is 14.3 Å². The summed E-state index contributed by atoms with van der Waals surface area (Å²) in [7, 11) is -6.33. The van der Waals surface area contributed by atoms with Crippen molar-refractivity contribution in [2.24, 2.45) is 0 Å². The van der Waals surface area contributed by atoms with Crippen LogP contribution in [-0.4, -0.2) is 63.6 Å². The van der Waals surface area contributed by atoms with Crippen molar-refractivity contribution in [3.63, 3.8) is 0 Å². The molecule has 2 N–H and O–H groups in total. The predicted molar refractivity (Wildman–Crippen MR) is 151 cm³/mol. The Kier molecular flexibility index (Phi) is 9.65. The summed E-state index contributed by atoms with van der Waals surface area (Å²) in [5.74, 6) is 0.810. The number of hydrogen-bond donors (Lipinski definition) is 2. The first-order valence-corrected chi connectivity index (χ1v) is 17.5. The Morgan fingerprint density at radius 2 is 1.88 bits per heavy atom. The van der Waals surface area contributed by atoms with E-state index in [-0.39, 0.29) is 29.5 Å². The van der Waals surface area contributed by atoms with E-state index in [0.29, 0.717) is 5.56 Å². The zero-order chi connectivity index (χ0) is 28.9. The predicted octanol–water partition coefficient (Wildman–Crippen LogP) is 5.44. The number of carbonyl (C=O) groups excluding carboxylic acids is 1. The van der Waals surface area contributed by atoms with Crippen molar-refractivity contribution in [2.75, 3.05) is 11.9 Å². The lowest BCUT2D eigenvalue weighted by Crippen LogP contribution is -2.45. The fraction of sp³-hybridized carbons (Fsp3) is 0.462. The molecule has 0 saturated carbocycles. The van der Waals surface area contributed by atoms with Gasteiger partial charge in [-0.15, -0.1) is 0 Å². The van der Waals surface area contributed by atoms with E-state index < -0.39 is 40.5 Å². The van der Waals surface area contributed by atoms with Gasteiger partial charge in [0.2, 0.25) is 0 Å². The van der Waals surface area contributed by atoms with Gasteiger partial charge in [0.1, 0.15) is 18.5 Å². The number of imidazole rings is 1. The van der Waals surface area contributed by atoms with E-state index >= 15 is 4.39 Å². The Morgan fingerprint density at radius 3 is 2.52 bits per heavy atom. The van der Waals surface area contributed by atoms with Crippen molar-refractivity contribution in [3.8, 4) is 0 Å². The molecule has 1 aromatic carbocycles. The van der Waals surface area contributed by atoms with Gasteiger partial charge in [-0.3, -0.25) is 13.9 Å². The molecule has 11 nitrogen and oxygen atoms in total. The van der Waals surface area contributed by atoms with Crippen molar-refractivity contribution in [1.29, 1.82) is 0 Å². The molecule has 0 bridgehead atoms. The van der Waals surface area contributed by atoms with Gasteiger partial charge in [-0.1, -0.05) is 39.0 Å². The average Bonchev–Trinajstić information content (AvgIpc) is 3.52. The van der Waals surface area contributed by atoms with E-state index in [1.54, 1.807) is 37.3 Å². The number of alkyl halides is 1. The number of benzene rings is 1. The maximum atomic E-state index is 16.2. The highest BCUT2D eigenvalue weighted by atomic mass is 31.2. The Bertz CT molecular complexity index is 1380. The van der Waals surface area contributed by atoms with Crippen LogP contribution in [0, 0.1) is 0 Å². The molecule has 0 aliphatic carbocycles. The summed E-state index contributed by atoms with van der Waals surface area (Å²) in [6, 6.07) is 11.0. The van der Waals surface area contributed by atoms with E-state index in [1.807, 2.05) is 20.8 Å². The van der Waals surface area contributed by atoms with Gasteiger partial charge < -0.3 is 23.9 Å². The molecule has 216 valence electrons. The van der Waals surface area contributed by atoms with Gasteiger partial charge in [0.15, 0.2) is 37.7 Å². The average molecular weight is 592 g/mol. The van der Waals surface area contributed by atoms with Crippen molar-refractivity contribution in [3.05, 3.63) is 60.4 Å². The molecule has 40 heavy (non-hydrogen) atoms. The molecule has 5 atom stereocenters. The minimum Gasteiger partial charge on any atom is -0.408 e. The number of aromatic nitrogens is 4. The summed E-state index contributed by atoms with van der Waals surface area (Å²) in [6.07, 6.45) is -0.861.